The minimum Gasteiger partial charge on any atom is -0.284 e. The van der Waals surface area contributed by atoms with E-state index in [1.807, 2.05) is 0 Å². The van der Waals surface area contributed by atoms with Crippen molar-refractivity contribution in [2.24, 2.45) is 0 Å². The van der Waals surface area contributed by atoms with Gasteiger partial charge in [-0.05, 0) is 0 Å². The molecule has 0 aromatic heterocycles. The molecular weight excluding hydrogens is 316 g/mol. The van der Waals surface area contributed by atoms with Gasteiger partial charge in [0.1, 0.15) is 0 Å². The summed E-state index contributed by atoms with van der Waals surface area (Å²) >= 11 is -2.61. The van der Waals surface area contributed by atoms with Crippen LogP contribution in [-0.2, 0) is 33.7 Å². The molecule has 3 nitrogen and oxygen atoms in total. The zero-order valence-electron chi connectivity index (χ0n) is 3.01. The van der Waals surface area contributed by atoms with Crippen LogP contribution >= 0.6 is 0 Å². The minimum absolute atomic E-state index is 0. The van der Waals surface area contributed by atoms with Crippen molar-refractivity contribution in [3.63, 3.8) is 0 Å². The third kappa shape index (κ3) is 31.9. The number of rotatable bonds is 0. The Balaban J connectivity index is -0.0000000450. The Morgan fingerprint density at radius 3 is 1.33 bits per heavy atom. The van der Waals surface area contributed by atoms with E-state index in [1.54, 1.807) is 0 Å². The first kappa shape index (κ1) is 15.8. The molecule has 0 saturated carbocycles. The quantitative estimate of drug-likeness (QED) is 0.459. The van der Waals surface area contributed by atoms with E-state index < -0.39 is 11.4 Å². The molecule has 0 aliphatic heterocycles. The largest absolute Gasteiger partial charge is 0.299 e. The topological polar surface area (TPSA) is 57.5 Å². The molecule has 0 aliphatic carbocycles. The van der Waals surface area contributed by atoms with Crippen molar-refractivity contribution < 1.29 is 35.7 Å². The van der Waals surface area contributed by atoms with Gasteiger partial charge in [-0.25, -0.2) is 0 Å². The zero-order valence-corrected chi connectivity index (χ0v) is 9.12. The third-order valence-corrected chi connectivity index (χ3v) is 0. The Bertz CT molecular complexity index is 33.8. The molecule has 0 saturated heterocycles. The van der Waals surface area contributed by atoms with E-state index in [0.717, 1.165) is 0 Å². The molecule has 2 N–H and O–H groups in total. The predicted molar refractivity (Wildman–Crippen MR) is 19.2 cm³/mol. The molecule has 6 heteroatoms. The Kier molecular flexibility index (Phi) is 27.5. The summed E-state index contributed by atoms with van der Waals surface area (Å²) in [6, 6.07) is 0. The SMILES string of the molecule is O=S(O)O.[Au].[K]. The van der Waals surface area contributed by atoms with Gasteiger partial charge in [-0.1, -0.05) is 0 Å². The van der Waals surface area contributed by atoms with Gasteiger partial charge in [0, 0.05) is 73.8 Å². The molecule has 0 aliphatic rings. The Morgan fingerprint density at radius 1 is 1.33 bits per heavy atom. The molecule has 0 aromatic rings. The van der Waals surface area contributed by atoms with E-state index in [-0.39, 0.29) is 73.8 Å². The van der Waals surface area contributed by atoms with Crippen LogP contribution in [-0.4, -0.2) is 64.7 Å². The smallest absolute Gasteiger partial charge is 0.284 e. The van der Waals surface area contributed by atoms with Gasteiger partial charge in [0.2, 0.25) is 0 Å². The van der Waals surface area contributed by atoms with Crippen LogP contribution in [0.1, 0.15) is 0 Å². The summed E-state index contributed by atoms with van der Waals surface area (Å²) in [6.45, 7) is 0. The number of hydrogen-bond acceptors (Lipinski definition) is 1. The summed E-state index contributed by atoms with van der Waals surface area (Å²) in [7, 11) is 0. The van der Waals surface area contributed by atoms with Crippen molar-refractivity contribution in [2.75, 3.05) is 0 Å². The molecule has 0 bridgehead atoms. The molecule has 0 unspecified atom stereocenters. The fourth-order valence-electron chi connectivity index (χ4n) is 0. The summed E-state index contributed by atoms with van der Waals surface area (Å²) in [5.74, 6) is 0. The van der Waals surface area contributed by atoms with Gasteiger partial charge in [-0.2, -0.15) is 4.21 Å². The van der Waals surface area contributed by atoms with Crippen LogP contribution < -0.4 is 0 Å². The Morgan fingerprint density at radius 2 is 1.33 bits per heavy atom. The van der Waals surface area contributed by atoms with Crippen molar-refractivity contribution in [3.8, 4) is 0 Å². The first-order chi connectivity index (χ1) is 1.73. The first-order valence-electron chi connectivity index (χ1n) is 0.532. The maximum absolute atomic E-state index is 8.67. The standard InChI is InChI=1S/Au.K.H2O3S/c;;1-4(2)3/h;;(H2,1,2,3). The van der Waals surface area contributed by atoms with Gasteiger partial charge >= 0.3 is 0 Å². The zero-order chi connectivity index (χ0) is 3.58. The van der Waals surface area contributed by atoms with Crippen LogP contribution in [0.3, 0.4) is 0 Å². The summed E-state index contributed by atoms with van der Waals surface area (Å²) in [4.78, 5) is 0. The van der Waals surface area contributed by atoms with E-state index in [1.165, 1.54) is 0 Å². The maximum atomic E-state index is 8.67. The van der Waals surface area contributed by atoms with Gasteiger partial charge in [-0.15, -0.1) is 0 Å². The number of hydrogen-bond donors (Lipinski definition) is 2. The second-order valence-electron chi connectivity index (χ2n) is 0.231. The van der Waals surface area contributed by atoms with Crippen LogP contribution in [0.25, 0.3) is 0 Å². The van der Waals surface area contributed by atoms with Crippen molar-refractivity contribution in [3.05, 3.63) is 0 Å². The van der Waals surface area contributed by atoms with E-state index in [9.17, 15) is 0 Å². The predicted octanol–water partition coefficient (Wildman–Crippen LogP) is -0.702. The van der Waals surface area contributed by atoms with Crippen LogP contribution in [0.5, 0.6) is 0 Å². The molecule has 6 heavy (non-hydrogen) atoms. The summed E-state index contributed by atoms with van der Waals surface area (Å²) < 4.78 is 22.8. The second kappa shape index (κ2) is 10.4. The van der Waals surface area contributed by atoms with Gasteiger partial charge in [0.05, 0.1) is 0 Å². The Hall–Kier alpha value is 2.45. The molecule has 0 spiro atoms. The minimum atomic E-state index is -2.61. The molecule has 0 fully saturated rings. The molecule has 0 rings (SSSR count). The van der Waals surface area contributed by atoms with E-state index in [2.05, 4.69) is 0 Å². The van der Waals surface area contributed by atoms with Crippen molar-refractivity contribution in [1.82, 2.24) is 0 Å². The van der Waals surface area contributed by atoms with Crippen molar-refractivity contribution in [1.29, 1.82) is 0 Å². The molecule has 2 radical (unpaired) electrons. The van der Waals surface area contributed by atoms with Crippen molar-refractivity contribution in [2.45, 2.75) is 0 Å². The third-order valence-electron chi connectivity index (χ3n) is 0. The van der Waals surface area contributed by atoms with E-state index >= 15 is 0 Å². The second-order valence-corrected chi connectivity index (χ2v) is 0.692. The molecule has 38 valence electrons. The normalized spacial score (nSPS) is 5.83. The summed E-state index contributed by atoms with van der Waals surface area (Å²) in [5, 5.41) is 0. The van der Waals surface area contributed by atoms with Gasteiger partial charge in [0.25, 0.3) is 11.4 Å². The van der Waals surface area contributed by atoms with Crippen molar-refractivity contribution >= 4 is 62.7 Å². The molecule has 0 aromatic carbocycles. The van der Waals surface area contributed by atoms with Gasteiger partial charge in [-0.3, -0.25) is 9.11 Å². The van der Waals surface area contributed by atoms with Crippen LogP contribution in [0, 0.1) is 0 Å². The Labute approximate surface area is 96.3 Å². The average Bonchev–Trinajstić information content (AvgIpc) is 0.811. The van der Waals surface area contributed by atoms with E-state index in [0.29, 0.717) is 0 Å². The fraction of sp³-hybridized carbons (Fsp3) is 0. The van der Waals surface area contributed by atoms with E-state index in [4.69, 9.17) is 13.3 Å². The molecule has 0 amide bonds. The van der Waals surface area contributed by atoms with Gasteiger partial charge < -0.3 is 0 Å². The summed E-state index contributed by atoms with van der Waals surface area (Å²) in [6.07, 6.45) is 0. The van der Waals surface area contributed by atoms with Gasteiger partial charge in [0.15, 0.2) is 0 Å². The molecule has 0 atom stereocenters. The maximum Gasteiger partial charge on any atom is 0.299 e. The summed E-state index contributed by atoms with van der Waals surface area (Å²) in [5.41, 5.74) is 0. The fourth-order valence-corrected chi connectivity index (χ4v) is 0. The molecule has 0 heterocycles. The van der Waals surface area contributed by atoms with Crippen LogP contribution in [0.4, 0.5) is 0 Å². The van der Waals surface area contributed by atoms with Crippen LogP contribution in [0.2, 0.25) is 0 Å². The average molecular weight is 318 g/mol. The monoisotopic (exact) mass is 318 g/mol. The first-order valence-corrected chi connectivity index (χ1v) is 1.60. The van der Waals surface area contributed by atoms with Crippen LogP contribution in [0.15, 0.2) is 0 Å². The molecular formula is H2AuKO3S.